The Bertz CT molecular complexity index is 3280. The molecule has 11 aromatic rings. The standard InChI is InChI=1S/C56H37NS/c1-2-12-42-35-46(23-22-38(42)10-1)44-15-7-14-43(34-44)39-24-29-48(30-25-39)57(49-31-26-41(27-32-49)52-20-9-13-40-11-3-4-18-51(40)52)50-17-8-16-45(36-50)47-28-33-56-54(37-47)53-19-5-6-21-55(53)58-56/h1-37H. The zero-order valence-electron chi connectivity index (χ0n) is 31.7. The molecule has 58 heavy (non-hydrogen) atoms. The third-order valence-electron chi connectivity index (χ3n) is 11.4. The van der Waals surface area contributed by atoms with Crippen LogP contribution in [0.3, 0.4) is 0 Å². The number of nitrogens with zero attached hydrogens (tertiary/aromatic N) is 1. The Balaban J connectivity index is 0.984. The molecule has 0 unspecified atom stereocenters. The molecule has 10 aromatic carbocycles. The molecule has 0 aliphatic carbocycles. The lowest BCUT2D eigenvalue weighted by Gasteiger charge is -2.26. The van der Waals surface area contributed by atoms with Gasteiger partial charge in [0.05, 0.1) is 0 Å². The van der Waals surface area contributed by atoms with Crippen LogP contribution in [0.1, 0.15) is 0 Å². The van der Waals surface area contributed by atoms with Crippen LogP contribution in [0.5, 0.6) is 0 Å². The van der Waals surface area contributed by atoms with Crippen LogP contribution in [-0.4, -0.2) is 0 Å². The van der Waals surface area contributed by atoms with E-state index in [0.717, 1.165) is 17.1 Å². The number of benzene rings is 10. The molecule has 0 bridgehead atoms. The minimum absolute atomic E-state index is 1.10. The number of hydrogen-bond acceptors (Lipinski definition) is 2. The monoisotopic (exact) mass is 755 g/mol. The van der Waals surface area contributed by atoms with Crippen LogP contribution in [0.4, 0.5) is 17.1 Å². The van der Waals surface area contributed by atoms with E-state index in [1.165, 1.54) is 86.2 Å². The van der Waals surface area contributed by atoms with Crippen LogP contribution >= 0.6 is 11.3 Å². The first-order valence-electron chi connectivity index (χ1n) is 19.8. The fourth-order valence-electron chi connectivity index (χ4n) is 8.49. The van der Waals surface area contributed by atoms with E-state index in [0.29, 0.717) is 0 Å². The van der Waals surface area contributed by atoms with Crippen LogP contribution in [0, 0.1) is 0 Å². The summed E-state index contributed by atoms with van der Waals surface area (Å²) in [4.78, 5) is 2.38. The van der Waals surface area contributed by atoms with E-state index in [9.17, 15) is 0 Å². The van der Waals surface area contributed by atoms with Gasteiger partial charge in [0.2, 0.25) is 0 Å². The van der Waals surface area contributed by atoms with Crippen molar-refractivity contribution in [2.75, 3.05) is 4.90 Å². The van der Waals surface area contributed by atoms with Gasteiger partial charge in [0.15, 0.2) is 0 Å². The van der Waals surface area contributed by atoms with E-state index in [1.807, 2.05) is 11.3 Å². The largest absolute Gasteiger partial charge is 0.310 e. The highest BCUT2D eigenvalue weighted by atomic mass is 32.1. The molecule has 0 spiro atoms. The predicted octanol–water partition coefficient (Wildman–Crippen LogP) is 16.5. The van der Waals surface area contributed by atoms with Crippen LogP contribution in [0.15, 0.2) is 224 Å². The van der Waals surface area contributed by atoms with E-state index in [1.54, 1.807) is 0 Å². The van der Waals surface area contributed by atoms with Crippen LogP contribution in [-0.2, 0) is 0 Å². The van der Waals surface area contributed by atoms with E-state index in [-0.39, 0.29) is 0 Å². The lowest BCUT2D eigenvalue weighted by molar-refractivity contribution is 1.28. The van der Waals surface area contributed by atoms with Gasteiger partial charge < -0.3 is 4.90 Å². The predicted molar refractivity (Wildman–Crippen MR) is 251 cm³/mol. The minimum atomic E-state index is 1.10. The van der Waals surface area contributed by atoms with Crippen LogP contribution < -0.4 is 4.90 Å². The Morgan fingerprint density at radius 2 is 0.793 bits per heavy atom. The molecule has 272 valence electrons. The highest BCUT2D eigenvalue weighted by Gasteiger charge is 2.16. The van der Waals surface area contributed by atoms with Crippen molar-refractivity contribution in [3.05, 3.63) is 224 Å². The van der Waals surface area contributed by atoms with Gasteiger partial charge in [0.1, 0.15) is 0 Å². The van der Waals surface area contributed by atoms with E-state index >= 15 is 0 Å². The number of hydrogen-bond donors (Lipinski definition) is 0. The summed E-state index contributed by atoms with van der Waals surface area (Å²) in [5, 5.41) is 7.65. The lowest BCUT2D eigenvalue weighted by Crippen LogP contribution is -2.10. The summed E-state index contributed by atoms with van der Waals surface area (Å²) in [6.07, 6.45) is 0. The van der Waals surface area contributed by atoms with Crippen molar-refractivity contribution in [1.29, 1.82) is 0 Å². The molecule has 2 heteroatoms. The van der Waals surface area contributed by atoms with E-state index < -0.39 is 0 Å². The van der Waals surface area contributed by atoms with Crippen molar-refractivity contribution >= 4 is 70.1 Å². The first-order chi connectivity index (χ1) is 28.7. The highest BCUT2D eigenvalue weighted by molar-refractivity contribution is 7.25. The van der Waals surface area contributed by atoms with E-state index in [4.69, 9.17) is 0 Å². The maximum Gasteiger partial charge on any atom is 0.0467 e. The van der Waals surface area contributed by atoms with Gasteiger partial charge in [-0.25, -0.2) is 0 Å². The van der Waals surface area contributed by atoms with Gasteiger partial charge in [-0.05, 0) is 133 Å². The number of anilines is 3. The number of fused-ring (bicyclic) bond motifs is 5. The summed E-state index contributed by atoms with van der Waals surface area (Å²) in [6, 6.07) is 82.0. The van der Waals surface area contributed by atoms with Crippen molar-refractivity contribution in [2.45, 2.75) is 0 Å². The summed E-state index contributed by atoms with van der Waals surface area (Å²) in [7, 11) is 0. The average Bonchev–Trinajstić information content (AvgIpc) is 3.67. The number of thiophene rings is 1. The van der Waals surface area contributed by atoms with E-state index in [2.05, 4.69) is 229 Å². The summed E-state index contributed by atoms with van der Waals surface area (Å²) in [6.45, 7) is 0. The van der Waals surface area contributed by atoms with Gasteiger partial charge in [-0.1, -0.05) is 158 Å². The molecule has 0 atom stereocenters. The van der Waals surface area contributed by atoms with Gasteiger partial charge >= 0.3 is 0 Å². The van der Waals surface area contributed by atoms with Gasteiger partial charge in [0, 0.05) is 37.2 Å². The van der Waals surface area contributed by atoms with Gasteiger partial charge in [0.25, 0.3) is 0 Å². The minimum Gasteiger partial charge on any atom is -0.310 e. The molecular formula is C56H37NS. The maximum atomic E-state index is 2.38. The molecule has 0 fully saturated rings. The van der Waals surface area contributed by atoms with Crippen LogP contribution in [0.2, 0.25) is 0 Å². The Hall–Kier alpha value is -7.26. The Morgan fingerprint density at radius 1 is 0.259 bits per heavy atom. The Morgan fingerprint density at radius 3 is 1.60 bits per heavy atom. The third-order valence-corrected chi connectivity index (χ3v) is 12.6. The quantitative estimate of drug-likeness (QED) is 0.157. The molecule has 0 N–H and O–H groups in total. The van der Waals surface area contributed by atoms with Crippen molar-refractivity contribution in [3.8, 4) is 44.5 Å². The Labute approximate surface area is 342 Å². The second-order valence-corrected chi connectivity index (χ2v) is 16.0. The van der Waals surface area contributed by atoms with Crippen molar-refractivity contribution in [2.24, 2.45) is 0 Å². The van der Waals surface area contributed by atoms with Crippen molar-refractivity contribution < 1.29 is 0 Å². The topological polar surface area (TPSA) is 3.24 Å². The fourth-order valence-corrected chi connectivity index (χ4v) is 9.58. The molecule has 1 nitrogen and oxygen atoms in total. The molecule has 0 amide bonds. The van der Waals surface area contributed by atoms with Gasteiger partial charge in [-0.15, -0.1) is 11.3 Å². The maximum absolute atomic E-state index is 2.38. The summed E-state index contributed by atoms with van der Waals surface area (Å²) in [5.41, 5.74) is 13.0. The van der Waals surface area contributed by atoms with Crippen molar-refractivity contribution in [1.82, 2.24) is 0 Å². The SMILES string of the molecule is c1cc(-c2ccc(N(c3ccc(-c4cccc5ccccc45)cc3)c3cccc(-c4ccc5sc6ccccc6c5c4)c3)cc2)cc(-c2ccc3ccccc3c2)c1. The molecule has 0 saturated heterocycles. The molecule has 0 aliphatic rings. The fraction of sp³-hybridized carbons (Fsp3) is 0. The normalized spacial score (nSPS) is 11.4. The molecule has 1 aromatic heterocycles. The zero-order valence-corrected chi connectivity index (χ0v) is 32.5. The summed E-state index contributed by atoms with van der Waals surface area (Å²) >= 11 is 1.86. The van der Waals surface area contributed by atoms with Gasteiger partial charge in [-0.3, -0.25) is 0 Å². The first kappa shape index (κ1) is 34.0. The number of rotatable bonds is 7. The molecule has 0 aliphatic heterocycles. The first-order valence-corrected chi connectivity index (χ1v) is 20.6. The lowest BCUT2D eigenvalue weighted by atomic mass is 9.97. The summed E-state index contributed by atoms with van der Waals surface area (Å²) < 4.78 is 2.64. The zero-order chi connectivity index (χ0) is 38.4. The van der Waals surface area contributed by atoms with Gasteiger partial charge in [-0.2, -0.15) is 0 Å². The second-order valence-electron chi connectivity index (χ2n) is 15.0. The molecule has 0 radical (unpaired) electrons. The van der Waals surface area contributed by atoms with Crippen LogP contribution in [0.25, 0.3) is 86.2 Å². The molecular weight excluding hydrogens is 719 g/mol. The third kappa shape index (κ3) is 6.21. The molecule has 0 saturated carbocycles. The smallest absolute Gasteiger partial charge is 0.0467 e. The molecule has 11 rings (SSSR count). The highest BCUT2D eigenvalue weighted by Crippen LogP contribution is 2.41. The average molecular weight is 756 g/mol. The van der Waals surface area contributed by atoms with Crippen molar-refractivity contribution in [3.63, 3.8) is 0 Å². The Kier molecular flexibility index (Phi) is 8.42. The molecule has 1 heterocycles. The second kappa shape index (κ2) is 14.4. The summed E-state index contributed by atoms with van der Waals surface area (Å²) in [5.74, 6) is 0.